The average Bonchev–Trinajstić information content (AvgIpc) is 2.85. The van der Waals surface area contributed by atoms with Crippen LogP contribution in [0.3, 0.4) is 0 Å². The number of nitrogens with one attached hydrogen (secondary N) is 1. The lowest BCUT2D eigenvalue weighted by Crippen LogP contribution is -2.27. The summed E-state index contributed by atoms with van der Waals surface area (Å²) < 4.78 is 27.2. The van der Waals surface area contributed by atoms with E-state index in [1.807, 2.05) is 12.3 Å². The first kappa shape index (κ1) is 16.0. The number of hydrogen-bond donors (Lipinski definition) is 2. The number of nitrogens with two attached hydrogens (primary N) is 1. The molecule has 3 N–H and O–H groups in total. The standard InChI is InChI=1S/C13H15N3O2S3/c1-8-7-20-13(15-8)9(2)16-21(17,18)11-5-3-10(4-6-11)12(14)19/h3-7,9,16H,1-2H3,(H2,14,19). The SMILES string of the molecule is Cc1csc(C(C)NS(=O)(=O)c2ccc(C(N)=S)cc2)n1. The second-order valence-corrected chi connectivity index (χ2v) is 7.60. The largest absolute Gasteiger partial charge is 0.389 e. The number of hydrogen-bond acceptors (Lipinski definition) is 5. The molecule has 1 unspecified atom stereocenters. The fourth-order valence-corrected chi connectivity index (χ4v) is 3.94. The summed E-state index contributed by atoms with van der Waals surface area (Å²) in [4.78, 5) is 4.69. The first-order chi connectivity index (χ1) is 9.79. The summed E-state index contributed by atoms with van der Waals surface area (Å²) in [6.07, 6.45) is 0. The van der Waals surface area contributed by atoms with Crippen LogP contribution >= 0.6 is 23.6 Å². The molecule has 1 aromatic heterocycles. The Bertz CT molecular complexity index is 751. The maximum Gasteiger partial charge on any atom is 0.241 e. The molecule has 0 aliphatic heterocycles. The molecule has 0 aliphatic carbocycles. The van der Waals surface area contributed by atoms with E-state index in [2.05, 4.69) is 9.71 Å². The summed E-state index contributed by atoms with van der Waals surface area (Å²) in [6, 6.07) is 5.77. The number of benzene rings is 1. The van der Waals surface area contributed by atoms with E-state index < -0.39 is 10.0 Å². The lowest BCUT2D eigenvalue weighted by Gasteiger charge is -2.12. The van der Waals surface area contributed by atoms with Crippen LogP contribution in [0.15, 0.2) is 34.5 Å². The molecule has 0 saturated carbocycles. The lowest BCUT2D eigenvalue weighted by molar-refractivity contribution is 0.566. The van der Waals surface area contributed by atoms with Gasteiger partial charge < -0.3 is 5.73 Å². The van der Waals surface area contributed by atoms with Crippen molar-refractivity contribution in [3.63, 3.8) is 0 Å². The van der Waals surface area contributed by atoms with Gasteiger partial charge in [0.05, 0.1) is 10.9 Å². The quantitative estimate of drug-likeness (QED) is 0.814. The van der Waals surface area contributed by atoms with Crippen LogP contribution in [0.25, 0.3) is 0 Å². The van der Waals surface area contributed by atoms with Crippen molar-refractivity contribution in [3.05, 3.63) is 45.9 Å². The second kappa shape index (κ2) is 6.18. The fraction of sp³-hybridized carbons (Fsp3) is 0.231. The monoisotopic (exact) mass is 341 g/mol. The van der Waals surface area contributed by atoms with Crippen LogP contribution in [-0.2, 0) is 10.0 Å². The molecular formula is C13H15N3O2S3. The summed E-state index contributed by atoms with van der Waals surface area (Å²) in [5.74, 6) is 0. The second-order valence-electron chi connectivity index (χ2n) is 4.56. The van der Waals surface area contributed by atoms with Crippen LogP contribution in [0.5, 0.6) is 0 Å². The Morgan fingerprint density at radius 3 is 2.48 bits per heavy atom. The molecule has 2 aromatic rings. The van der Waals surface area contributed by atoms with E-state index in [-0.39, 0.29) is 15.9 Å². The fourth-order valence-electron chi connectivity index (χ4n) is 1.72. The maximum atomic E-state index is 12.3. The minimum absolute atomic E-state index is 0.169. The average molecular weight is 341 g/mol. The highest BCUT2D eigenvalue weighted by Crippen LogP contribution is 2.20. The van der Waals surface area contributed by atoms with Crippen molar-refractivity contribution < 1.29 is 8.42 Å². The molecule has 1 aromatic carbocycles. The van der Waals surface area contributed by atoms with Crippen LogP contribution in [0.4, 0.5) is 0 Å². The van der Waals surface area contributed by atoms with Crippen LogP contribution in [0, 0.1) is 6.92 Å². The molecule has 0 spiro atoms. The lowest BCUT2D eigenvalue weighted by atomic mass is 10.2. The van der Waals surface area contributed by atoms with Crippen LogP contribution in [0.1, 0.15) is 29.2 Å². The number of sulfonamides is 1. The normalized spacial score (nSPS) is 13.0. The summed E-state index contributed by atoms with van der Waals surface area (Å²) in [7, 11) is -3.61. The Balaban J connectivity index is 2.19. The Labute approximate surface area is 133 Å². The molecule has 0 radical (unpaired) electrons. The third kappa shape index (κ3) is 3.85. The molecule has 0 amide bonds. The topological polar surface area (TPSA) is 85.1 Å². The van der Waals surface area contributed by atoms with Gasteiger partial charge in [-0.1, -0.05) is 24.4 Å². The number of rotatable bonds is 5. The van der Waals surface area contributed by atoms with Crippen molar-refractivity contribution in [2.75, 3.05) is 0 Å². The van der Waals surface area contributed by atoms with Gasteiger partial charge in [0.25, 0.3) is 0 Å². The van der Waals surface area contributed by atoms with Gasteiger partial charge in [0.1, 0.15) is 10.00 Å². The van der Waals surface area contributed by atoms with Crippen LogP contribution in [0.2, 0.25) is 0 Å². The van der Waals surface area contributed by atoms with Gasteiger partial charge in [0, 0.05) is 16.6 Å². The van der Waals surface area contributed by atoms with Gasteiger partial charge >= 0.3 is 0 Å². The molecular weight excluding hydrogens is 326 g/mol. The smallest absolute Gasteiger partial charge is 0.241 e. The molecule has 21 heavy (non-hydrogen) atoms. The van der Waals surface area contributed by atoms with Gasteiger partial charge in [-0.25, -0.2) is 18.1 Å². The summed E-state index contributed by atoms with van der Waals surface area (Å²) in [5, 5.41) is 2.62. The van der Waals surface area contributed by atoms with Crippen LogP contribution < -0.4 is 10.5 Å². The molecule has 2 rings (SSSR count). The highest BCUT2D eigenvalue weighted by molar-refractivity contribution is 7.89. The Kier molecular flexibility index (Phi) is 4.72. The minimum Gasteiger partial charge on any atom is -0.389 e. The van der Waals surface area contributed by atoms with E-state index in [0.29, 0.717) is 5.56 Å². The molecule has 0 saturated heterocycles. The van der Waals surface area contributed by atoms with Crippen molar-refractivity contribution in [1.29, 1.82) is 0 Å². The van der Waals surface area contributed by atoms with Crippen molar-refractivity contribution in [3.8, 4) is 0 Å². The van der Waals surface area contributed by atoms with Crippen LogP contribution in [-0.4, -0.2) is 18.4 Å². The van der Waals surface area contributed by atoms with Gasteiger partial charge in [-0.3, -0.25) is 0 Å². The molecule has 0 aliphatic rings. The predicted octanol–water partition coefficient (Wildman–Crippen LogP) is 2.13. The molecule has 1 atom stereocenters. The minimum atomic E-state index is -3.61. The van der Waals surface area contributed by atoms with E-state index in [1.54, 1.807) is 19.1 Å². The molecule has 112 valence electrons. The molecule has 5 nitrogen and oxygen atoms in total. The van der Waals surface area contributed by atoms with Crippen molar-refractivity contribution >= 4 is 38.6 Å². The predicted molar refractivity (Wildman–Crippen MR) is 87.9 cm³/mol. The summed E-state index contributed by atoms with van der Waals surface area (Å²) in [5.41, 5.74) is 7.00. The highest BCUT2D eigenvalue weighted by atomic mass is 32.2. The first-order valence-electron chi connectivity index (χ1n) is 6.14. The number of aryl methyl sites for hydroxylation is 1. The number of nitrogens with zero attached hydrogens (tertiary/aromatic N) is 1. The van der Waals surface area contributed by atoms with Crippen molar-refractivity contribution in [1.82, 2.24) is 9.71 Å². The van der Waals surface area contributed by atoms with E-state index in [0.717, 1.165) is 10.7 Å². The van der Waals surface area contributed by atoms with E-state index in [9.17, 15) is 8.42 Å². The van der Waals surface area contributed by atoms with Gasteiger partial charge in [-0.05, 0) is 26.0 Å². The zero-order chi connectivity index (χ0) is 15.6. The Morgan fingerprint density at radius 2 is 2.00 bits per heavy atom. The zero-order valence-corrected chi connectivity index (χ0v) is 14.0. The number of thiazole rings is 1. The number of aromatic nitrogens is 1. The highest BCUT2D eigenvalue weighted by Gasteiger charge is 2.20. The Morgan fingerprint density at radius 1 is 1.38 bits per heavy atom. The first-order valence-corrected chi connectivity index (χ1v) is 8.91. The van der Waals surface area contributed by atoms with E-state index in [1.165, 1.54) is 23.5 Å². The maximum absolute atomic E-state index is 12.3. The van der Waals surface area contributed by atoms with E-state index in [4.69, 9.17) is 18.0 Å². The van der Waals surface area contributed by atoms with Gasteiger partial charge in [0.15, 0.2) is 0 Å². The van der Waals surface area contributed by atoms with Crippen molar-refractivity contribution in [2.24, 2.45) is 5.73 Å². The van der Waals surface area contributed by atoms with Gasteiger partial charge in [-0.2, -0.15) is 0 Å². The third-order valence-corrected chi connectivity index (χ3v) is 5.73. The van der Waals surface area contributed by atoms with Gasteiger partial charge in [-0.15, -0.1) is 11.3 Å². The molecule has 0 bridgehead atoms. The molecule has 1 heterocycles. The third-order valence-electron chi connectivity index (χ3n) is 2.79. The summed E-state index contributed by atoms with van der Waals surface area (Å²) >= 11 is 6.27. The zero-order valence-electron chi connectivity index (χ0n) is 11.5. The molecule has 0 fully saturated rings. The summed E-state index contributed by atoms with van der Waals surface area (Å²) in [6.45, 7) is 3.63. The Hall–Kier alpha value is -1.35. The van der Waals surface area contributed by atoms with E-state index >= 15 is 0 Å². The van der Waals surface area contributed by atoms with Gasteiger partial charge in [0.2, 0.25) is 10.0 Å². The molecule has 8 heteroatoms. The van der Waals surface area contributed by atoms with Crippen molar-refractivity contribution in [2.45, 2.75) is 24.8 Å². The number of thiocarbonyl (C=S) groups is 1.